The summed E-state index contributed by atoms with van der Waals surface area (Å²) < 4.78 is 0. The number of carbonyl (C=O) groups is 1. The van der Waals surface area contributed by atoms with E-state index < -0.39 is 5.91 Å². The molecular formula is C18H14N6O. The molecule has 0 atom stereocenters. The predicted molar refractivity (Wildman–Crippen MR) is 95.4 cm³/mol. The van der Waals surface area contributed by atoms with Crippen LogP contribution < -0.4 is 11.1 Å². The van der Waals surface area contributed by atoms with E-state index in [0.29, 0.717) is 33.9 Å². The normalized spacial score (nSPS) is 10.7. The number of amides is 1. The van der Waals surface area contributed by atoms with Crippen molar-refractivity contribution in [1.82, 2.24) is 20.2 Å². The van der Waals surface area contributed by atoms with Crippen molar-refractivity contribution in [3.63, 3.8) is 0 Å². The van der Waals surface area contributed by atoms with Crippen LogP contribution in [0.1, 0.15) is 10.4 Å². The number of H-pyrrole nitrogens is 1. The molecule has 2 heterocycles. The largest absolute Gasteiger partial charge is 0.366 e. The first-order valence-electron chi connectivity index (χ1n) is 7.64. The van der Waals surface area contributed by atoms with Crippen LogP contribution in [-0.2, 0) is 0 Å². The number of nitrogens with two attached hydrogens (primary N) is 1. The molecule has 1 amide bonds. The van der Waals surface area contributed by atoms with E-state index in [1.54, 1.807) is 24.4 Å². The third-order valence-electron chi connectivity index (χ3n) is 3.74. The van der Waals surface area contributed by atoms with E-state index in [-0.39, 0.29) is 0 Å². The zero-order valence-corrected chi connectivity index (χ0v) is 13.1. The molecule has 25 heavy (non-hydrogen) atoms. The second-order valence-corrected chi connectivity index (χ2v) is 5.46. The van der Waals surface area contributed by atoms with Crippen molar-refractivity contribution < 1.29 is 4.79 Å². The van der Waals surface area contributed by atoms with Gasteiger partial charge in [0.05, 0.1) is 6.20 Å². The van der Waals surface area contributed by atoms with Gasteiger partial charge in [-0.05, 0) is 18.2 Å². The maximum Gasteiger partial charge on any atom is 0.248 e. The van der Waals surface area contributed by atoms with Crippen LogP contribution in [0.25, 0.3) is 22.4 Å². The monoisotopic (exact) mass is 330 g/mol. The molecule has 7 nitrogen and oxygen atoms in total. The Morgan fingerprint density at radius 3 is 2.68 bits per heavy atom. The predicted octanol–water partition coefficient (Wildman–Crippen LogP) is 2.86. The molecule has 4 N–H and O–H groups in total. The van der Waals surface area contributed by atoms with Gasteiger partial charge in [0, 0.05) is 16.8 Å². The molecule has 0 radical (unpaired) electrons. The number of anilines is 2. The van der Waals surface area contributed by atoms with Crippen molar-refractivity contribution in [1.29, 1.82) is 0 Å². The molecule has 0 bridgehead atoms. The minimum Gasteiger partial charge on any atom is -0.366 e. The topological polar surface area (TPSA) is 110 Å². The number of hydrogen-bond donors (Lipinski definition) is 3. The zero-order chi connectivity index (χ0) is 17.2. The Bertz CT molecular complexity index is 1060. The number of carbonyl (C=O) groups excluding carboxylic acids is 1. The molecule has 0 aliphatic rings. The third kappa shape index (κ3) is 2.90. The van der Waals surface area contributed by atoms with Gasteiger partial charge >= 0.3 is 0 Å². The minimum atomic E-state index is -0.483. The van der Waals surface area contributed by atoms with E-state index in [2.05, 4.69) is 25.5 Å². The number of hydrogen-bond acceptors (Lipinski definition) is 5. The van der Waals surface area contributed by atoms with Crippen molar-refractivity contribution in [3.8, 4) is 11.4 Å². The standard InChI is InChI=1S/C18H14N6O/c19-16(25)12-7-4-8-13(9-12)21-18-15-14(10-20-24-15)22-17(23-18)11-5-2-1-3-6-11/h1-10H,(H2,19,25)(H,20,24)(H,21,22,23). The lowest BCUT2D eigenvalue weighted by molar-refractivity contribution is 0.100. The molecule has 2 aromatic heterocycles. The molecule has 2 aromatic carbocycles. The Hall–Kier alpha value is -3.74. The number of fused-ring (bicyclic) bond motifs is 1. The average molecular weight is 330 g/mol. The Labute approximate surface area is 142 Å². The van der Waals surface area contributed by atoms with Crippen LogP contribution in [0.2, 0.25) is 0 Å². The second kappa shape index (κ2) is 6.04. The van der Waals surface area contributed by atoms with Crippen molar-refractivity contribution in [2.75, 3.05) is 5.32 Å². The van der Waals surface area contributed by atoms with Gasteiger partial charge in [0.25, 0.3) is 0 Å². The molecule has 4 aromatic rings. The van der Waals surface area contributed by atoms with Gasteiger partial charge < -0.3 is 11.1 Å². The summed E-state index contributed by atoms with van der Waals surface area (Å²) in [5.74, 6) is 0.675. The maximum absolute atomic E-state index is 11.4. The SMILES string of the molecule is NC(=O)c1cccc(Nc2nc(-c3ccccc3)nc3cn[nH]c23)c1. The van der Waals surface area contributed by atoms with Gasteiger partial charge in [-0.25, -0.2) is 9.97 Å². The van der Waals surface area contributed by atoms with E-state index in [9.17, 15) is 4.79 Å². The molecule has 0 saturated heterocycles. The first kappa shape index (κ1) is 14.8. The Kier molecular flexibility index (Phi) is 3.59. The number of rotatable bonds is 4. The lowest BCUT2D eigenvalue weighted by Crippen LogP contribution is -2.11. The van der Waals surface area contributed by atoms with Gasteiger partial charge in [0.1, 0.15) is 11.0 Å². The summed E-state index contributed by atoms with van der Waals surface area (Å²) in [4.78, 5) is 20.5. The molecule has 0 spiro atoms. The number of nitrogens with one attached hydrogen (secondary N) is 2. The highest BCUT2D eigenvalue weighted by Crippen LogP contribution is 2.26. The molecular weight excluding hydrogens is 316 g/mol. The second-order valence-electron chi connectivity index (χ2n) is 5.46. The summed E-state index contributed by atoms with van der Waals surface area (Å²) in [6, 6.07) is 16.6. The fraction of sp³-hybridized carbons (Fsp3) is 0. The number of nitrogens with zero attached hydrogens (tertiary/aromatic N) is 3. The van der Waals surface area contributed by atoms with E-state index in [0.717, 1.165) is 5.56 Å². The lowest BCUT2D eigenvalue weighted by atomic mass is 10.2. The molecule has 0 aliphatic carbocycles. The average Bonchev–Trinajstić information content (AvgIpc) is 3.11. The molecule has 0 saturated carbocycles. The molecule has 122 valence electrons. The first-order chi connectivity index (χ1) is 12.2. The Balaban J connectivity index is 1.80. The van der Waals surface area contributed by atoms with Gasteiger partial charge in [-0.15, -0.1) is 0 Å². The summed E-state index contributed by atoms with van der Waals surface area (Å²) in [5.41, 5.74) is 8.74. The van der Waals surface area contributed by atoms with Crippen LogP contribution in [0, 0.1) is 0 Å². The van der Waals surface area contributed by atoms with Gasteiger partial charge in [-0.3, -0.25) is 9.89 Å². The molecule has 7 heteroatoms. The molecule has 0 aliphatic heterocycles. The summed E-state index contributed by atoms with van der Waals surface area (Å²) in [7, 11) is 0. The smallest absolute Gasteiger partial charge is 0.248 e. The number of benzene rings is 2. The number of aromatic amines is 1. The van der Waals surface area contributed by atoms with Gasteiger partial charge in [-0.2, -0.15) is 5.10 Å². The molecule has 0 fully saturated rings. The Morgan fingerprint density at radius 2 is 1.88 bits per heavy atom. The van der Waals surface area contributed by atoms with Crippen LogP contribution in [0.5, 0.6) is 0 Å². The molecule has 0 unspecified atom stereocenters. The first-order valence-corrected chi connectivity index (χ1v) is 7.64. The highest BCUT2D eigenvalue weighted by molar-refractivity contribution is 5.94. The maximum atomic E-state index is 11.4. The van der Waals surface area contributed by atoms with Crippen molar-refractivity contribution in [2.45, 2.75) is 0 Å². The summed E-state index contributed by atoms with van der Waals surface area (Å²) in [6.45, 7) is 0. The zero-order valence-electron chi connectivity index (χ0n) is 13.1. The fourth-order valence-corrected chi connectivity index (χ4v) is 2.53. The Morgan fingerprint density at radius 1 is 1.04 bits per heavy atom. The number of aromatic nitrogens is 4. The van der Waals surface area contributed by atoms with E-state index in [4.69, 9.17) is 5.73 Å². The summed E-state index contributed by atoms with van der Waals surface area (Å²) in [5, 5.41) is 10.1. The van der Waals surface area contributed by atoms with E-state index in [1.165, 1.54) is 0 Å². The summed E-state index contributed by atoms with van der Waals surface area (Å²) >= 11 is 0. The van der Waals surface area contributed by atoms with Crippen molar-refractivity contribution in [3.05, 3.63) is 66.4 Å². The number of primary amides is 1. The van der Waals surface area contributed by atoms with Gasteiger partial charge in [-0.1, -0.05) is 36.4 Å². The quantitative estimate of drug-likeness (QED) is 0.533. The van der Waals surface area contributed by atoms with Gasteiger partial charge in [0.2, 0.25) is 5.91 Å². The van der Waals surface area contributed by atoms with Crippen molar-refractivity contribution >= 4 is 28.4 Å². The summed E-state index contributed by atoms with van der Waals surface area (Å²) in [6.07, 6.45) is 1.65. The molecule has 4 rings (SSSR count). The fourth-order valence-electron chi connectivity index (χ4n) is 2.53. The van der Waals surface area contributed by atoms with Gasteiger partial charge in [0.15, 0.2) is 11.6 Å². The van der Waals surface area contributed by atoms with Crippen LogP contribution in [-0.4, -0.2) is 26.1 Å². The van der Waals surface area contributed by atoms with E-state index in [1.807, 2.05) is 36.4 Å². The van der Waals surface area contributed by atoms with Crippen LogP contribution in [0.15, 0.2) is 60.8 Å². The third-order valence-corrected chi connectivity index (χ3v) is 3.74. The lowest BCUT2D eigenvalue weighted by Gasteiger charge is -2.09. The van der Waals surface area contributed by atoms with Crippen molar-refractivity contribution in [2.24, 2.45) is 5.73 Å². The highest BCUT2D eigenvalue weighted by atomic mass is 16.1. The minimum absolute atomic E-state index is 0.420. The highest BCUT2D eigenvalue weighted by Gasteiger charge is 2.12. The van der Waals surface area contributed by atoms with Crippen LogP contribution in [0.3, 0.4) is 0 Å². The van der Waals surface area contributed by atoms with E-state index >= 15 is 0 Å². The van der Waals surface area contributed by atoms with Crippen LogP contribution in [0.4, 0.5) is 11.5 Å². The van der Waals surface area contributed by atoms with Crippen LogP contribution >= 0.6 is 0 Å².